The number of carbonyl (C=O) groups excluding carboxylic acids is 1. The van der Waals surface area contributed by atoms with Crippen molar-refractivity contribution in [1.29, 1.82) is 0 Å². The first-order chi connectivity index (χ1) is 12.2. The summed E-state index contributed by atoms with van der Waals surface area (Å²) in [7, 11) is 1.36. The van der Waals surface area contributed by atoms with Crippen LogP contribution in [-0.2, 0) is 20.0 Å². The highest BCUT2D eigenvalue weighted by atomic mass is 16.7. The zero-order valence-electron chi connectivity index (χ0n) is 14.3. The molecule has 0 spiro atoms. The zero-order valence-corrected chi connectivity index (χ0v) is 14.3. The molecule has 0 aromatic heterocycles. The quantitative estimate of drug-likeness (QED) is 0.569. The molecule has 25 heavy (non-hydrogen) atoms. The van der Waals surface area contributed by atoms with Crippen LogP contribution in [0, 0.1) is 0 Å². The molecule has 0 saturated carbocycles. The van der Waals surface area contributed by atoms with Gasteiger partial charge >= 0.3 is 5.97 Å². The van der Waals surface area contributed by atoms with Gasteiger partial charge in [0.1, 0.15) is 5.75 Å². The van der Waals surface area contributed by atoms with Crippen molar-refractivity contribution in [2.24, 2.45) is 0 Å². The lowest BCUT2D eigenvalue weighted by molar-refractivity contribution is -0.172. The number of ether oxygens (including phenoxy) is 4. The van der Waals surface area contributed by atoms with Gasteiger partial charge in [0.05, 0.1) is 32.5 Å². The van der Waals surface area contributed by atoms with Gasteiger partial charge in [0.25, 0.3) is 0 Å². The van der Waals surface area contributed by atoms with E-state index < -0.39 is 5.79 Å². The van der Waals surface area contributed by atoms with Gasteiger partial charge in [0, 0.05) is 12.0 Å². The Morgan fingerprint density at radius 3 is 2.36 bits per heavy atom. The van der Waals surface area contributed by atoms with Gasteiger partial charge < -0.3 is 18.9 Å². The van der Waals surface area contributed by atoms with E-state index in [1.54, 1.807) is 24.3 Å². The molecule has 2 aromatic carbocycles. The Morgan fingerprint density at radius 1 is 1.04 bits per heavy atom. The van der Waals surface area contributed by atoms with Crippen molar-refractivity contribution in [3.63, 3.8) is 0 Å². The van der Waals surface area contributed by atoms with E-state index in [1.165, 1.54) is 7.11 Å². The number of rotatable bonds is 7. The highest BCUT2D eigenvalue weighted by molar-refractivity contribution is 5.89. The molecule has 0 atom stereocenters. The van der Waals surface area contributed by atoms with E-state index in [9.17, 15) is 4.79 Å². The second-order valence-electron chi connectivity index (χ2n) is 5.78. The summed E-state index contributed by atoms with van der Waals surface area (Å²) in [6.07, 6.45) is 1.50. The third kappa shape index (κ3) is 4.18. The van der Waals surface area contributed by atoms with Gasteiger partial charge in [-0.05, 0) is 30.7 Å². The Hall–Kier alpha value is -2.37. The SMILES string of the molecule is COC(=O)c1ccc(OCCCC2(c3ccccc3)OCCO2)cc1. The highest BCUT2D eigenvalue weighted by Gasteiger charge is 2.37. The van der Waals surface area contributed by atoms with E-state index in [2.05, 4.69) is 4.74 Å². The molecule has 0 N–H and O–H groups in total. The maximum absolute atomic E-state index is 11.4. The lowest BCUT2D eigenvalue weighted by atomic mass is 10.0. The number of hydrogen-bond donors (Lipinski definition) is 0. The fourth-order valence-electron chi connectivity index (χ4n) is 2.90. The summed E-state index contributed by atoms with van der Waals surface area (Å²) in [6.45, 7) is 1.74. The van der Waals surface area contributed by atoms with E-state index in [0.717, 1.165) is 24.2 Å². The fourth-order valence-corrected chi connectivity index (χ4v) is 2.90. The van der Waals surface area contributed by atoms with Gasteiger partial charge in [0.15, 0.2) is 5.79 Å². The first-order valence-corrected chi connectivity index (χ1v) is 8.38. The maximum atomic E-state index is 11.4. The summed E-state index contributed by atoms with van der Waals surface area (Å²) >= 11 is 0. The van der Waals surface area contributed by atoms with Gasteiger partial charge in [-0.15, -0.1) is 0 Å². The molecular formula is C20H22O5. The minimum Gasteiger partial charge on any atom is -0.494 e. The second kappa shape index (κ2) is 8.14. The maximum Gasteiger partial charge on any atom is 0.337 e. The summed E-state index contributed by atoms with van der Waals surface area (Å²) in [5.74, 6) is -0.305. The average Bonchev–Trinajstić information content (AvgIpc) is 3.16. The second-order valence-corrected chi connectivity index (χ2v) is 5.78. The smallest absolute Gasteiger partial charge is 0.337 e. The van der Waals surface area contributed by atoms with Crippen LogP contribution in [-0.4, -0.2) is 32.9 Å². The highest BCUT2D eigenvalue weighted by Crippen LogP contribution is 2.35. The van der Waals surface area contributed by atoms with Crippen molar-refractivity contribution in [3.8, 4) is 5.75 Å². The van der Waals surface area contributed by atoms with Gasteiger partial charge in [-0.25, -0.2) is 4.79 Å². The topological polar surface area (TPSA) is 54.0 Å². The Bertz CT molecular complexity index is 675. The van der Waals surface area contributed by atoms with Crippen molar-refractivity contribution >= 4 is 5.97 Å². The zero-order chi connectivity index (χ0) is 17.5. The molecule has 3 rings (SSSR count). The van der Waals surface area contributed by atoms with Crippen molar-refractivity contribution in [1.82, 2.24) is 0 Å². The molecule has 0 bridgehead atoms. The Morgan fingerprint density at radius 2 is 1.72 bits per heavy atom. The number of esters is 1. The normalized spacial score (nSPS) is 15.7. The molecule has 1 aliphatic rings. The van der Waals surface area contributed by atoms with Crippen molar-refractivity contribution in [3.05, 3.63) is 65.7 Å². The molecule has 2 aromatic rings. The predicted octanol–water partition coefficient (Wildman–Crippen LogP) is 3.53. The minimum atomic E-state index is -0.667. The van der Waals surface area contributed by atoms with Crippen molar-refractivity contribution in [2.45, 2.75) is 18.6 Å². The van der Waals surface area contributed by atoms with Gasteiger partial charge in [0.2, 0.25) is 0 Å². The molecule has 132 valence electrons. The van der Waals surface area contributed by atoms with Crippen molar-refractivity contribution in [2.75, 3.05) is 26.9 Å². The predicted molar refractivity (Wildman–Crippen MR) is 92.5 cm³/mol. The monoisotopic (exact) mass is 342 g/mol. The number of methoxy groups -OCH3 is 1. The van der Waals surface area contributed by atoms with Gasteiger partial charge in [-0.2, -0.15) is 0 Å². The molecule has 0 unspecified atom stereocenters. The van der Waals surface area contributed by atoms with E-state index >= 15 is 0 Å². The summed E-state index contributed by atoms with van der Waals surface area (Å²) in [6, 6.07) is 16.9. The Balaban J connectivity index is 1.52. The summed E-state index contributed by atoms with van der Waals surface area (Å²) in [5.41, 5.74) is 1.54. The lowest BCUT2D eigenvalue weighted by Gasteiger charge is -2.27. The Labute approximate surface area is 147 Å². The minimum absolute atomic E-state index is 0.355. The Kier molecular flexibility index (Phi) is 5.68. The molecule has 0 amide bonds. The van der Waals surface area contributed by atoms with Crippen LogP contribution in [0.3, 0.4) is 0 Å². The molecule has 5 heteroatoms. The van der Waals surface area contributed by atoms with E-state index in [4.69, 9.17) is 14.2 Å². The number of carbonyl (C=O) groups is 1. The van der Waals surface area contributed by atoms with Crippen LogP contribution in [0.2, 0.25) is 0 Å². The molecule has 5 nitrogen and oxygen atoms in total. The third-order valence-electron chi connectivity index (χ3n) is 4.16. The number of hydrogen-bond acceptors (Lipinski definition) is 5. The molecule has 1 aliphatic heterocycles. The van der Waals surface area contributed by atoms with Crippen LogP contribution in [0.4, 0.5) is 0 Å². The molecule has 1 fully saturated rings. The lowest BCUT2D eigenvalue weighted by Crippen LogP contribution is -2.27. The van der Waals surface area contributed by atoms with E-state index in [-0.39, 0.29) is 5.97 Å². The third-order valence-corrected chi connectivity index (χ3v) is 4.16. The summed E-state index contributed by atoms with van der Waals surface area (Å²) in [4.78, 5) is 11.4. The molecular weight excluding hydrogens is 320 g/mol. The van der Waals surface area contributed by atoms with Crippen LogP contribution < -0.4 is 4.74 Å². The van der Waals surface area contributed by atoms with E-state index in [0.29, 0.717) is 25.4 Å². The largest absolute Gasteiger partial charge is 0.494 e. The van der Waals surface area contributed by atoms with Crippen LogP contribution in [0.25, 0.3) is 0 Å². The molecule has 1 heterocycles. The van der Waals surface area contributed by atoms with Crippen LogP contribution in [0.5, 0.6) is 5.75 Å². The average molecular weight is 342 g/mol. The summed E-state index contributed by atoms with van der Waals surface area (Å²) in [5, 5.41) is 0. The van der Waals surface area contributed by atoms with Crippen LogP contribution >= 0.6 is 0 Å². The molecule has 0 radical (unpaired) electrons. The van der Waals surface area contributed by atoms with E-state index in [1.807, 2.05) is 30.3 Å². The number of benzene rings is 2. The van der Waals surface area contributed by atoms with Crippen LogP contribution in [0.15, 0.2) is 54.6 Å². The van der Waals surface area contributed by atoms with Gasteiger partial charge in [-0.3, -0.25) is 0 Å². The standard InChI is InChI=1S/C20H22O5/c1-22-19(21)16-8-10-18(11-9-16)23-13-5-12-20(24-14-15-25-20)17-6-3-2-4-7-17/h2-4,6-11H,5,12-15H2,1H3. The fraction of sp³-hybridized carbons (Fsp3) is 0.350. The molecule has 0 aliphatic carbocycles. The first kappa shape index (κ1) is 17.5. The van der Waals surface area contributed by atoms with Gasteiger partial charge in [-0.1, -0.05) is 30.3 Å². The summed E-state index contributed by atoms with van der Waals surface area (Å²) < 4.78 is 22.2. The van der Waals surface area contributed by atoms with Crippen LogP contribution in [0.1, 0.15) is 28.8 Å². The first-order valence-electron chi connectivity index (χ1n) is 8.38. The molecule has 1 saturated heterocycles. The van der Waals surface area contributed by atoms with Crippen molar-refractivity contribution < 1.29 is 23.7 Å².